The lowest BCUT2D eigenvalue weighted by Gasteiger charge is -2.13. The van der Waals surface area contributed by atoms with Crippen LogP contribution < -0.4 is 5.32 Å². The molecular formula is C14H18N2O5S. The fourth-order valence-corrected chi connectivity index (χ4v) is 3.85. The molecule has 8 heteroatoms. The highest BCUT2D eigenvalue weighted by molar-refractivity contribution is 7.89. The molecule has 2 rings (SSSR count). The number of amides is 1. The number of hydrogen-bond acceptors (Lipinski definition) is 4. The third-order valence-corrected chi connectivity index (χ3v) is 5.31. The molecule has 0 saturated carbocycles. The average molecular weight is 326 g/mol. The molecule has 7 nitrogen and oxygen atoms in total. The van der Waals surface area contributed by atoms with Crippen LogP contribution in [0.1, 0.15) is 18.4 Å². The number of rotatable bonds is 6. The number of carboxylic acid groups (broad SMARTS) is 1. The van der Waals surface area contributed by atoms with Crippen molar-refractivity contribution in [1.82, 2.24) is 4.31 Å². The third kappa shape index (κ3) is 4.54. The zero-order valence-electron chi connectivity index (χ0n) is 12.0. The van der Waals surface area contributed by atoms with Gasteiger partial charge in [-0.3, -0.25) is 9.59 Å². The van der Waals surface area contributed by atoms with Crippen LogP contribution in [0.15, 0.2) is 24.3 Å². The van der Waals surface area contributed by atoms with Crippen molar-refractivity contribution in [2.24, 2.45) is 0 Å². The summed E-state index contributed by atoms with van der Waals surface area (Å²) in [5, 5.41) is 11.4. The number of hydrogen-bond donors (Lipinski definition) is 2. The highest BCUT2D eigenvalue weighted by atomic mass is 32.2. The fraction of sp³-hybridized carbons (Fsp3) is 0.429. The summed E-state index contributed by atoms with van der Waals surface area (Å²) in [7, 11) is -3.19. The van der Waals surface area contributed by atoms with E-state index >= 15 is 0 Å². The topological polar surface area (TPSA) is 104 Å². The highest BCUT2D eigenvalue weighted by Crippen LogP contribution is 2.15. The van der Waals surface area contributed by atoms with E-state index in [1.807, 2.05) is 0 Å². The van der Waals surface area contributed by atoms with Gasteiger partial charge < -0.3 is 10.4 Å². The van der Waals surface area contributed by atoms with Crippen molar-refractivity contribution < 1.29 is 23.1 Å². The van der Waals surface area contributed by atoms with Crippen LogP contribution in [-0.2, 0) is 26.0 Å². The molecule has 0 atom stereocenters. The van der Waals surface area contributed by atoms with E-state index in [0.717, 1.165) is 0 Å². The normalized spacial score (nSPS) is 17.3. The van der Waals surface area contributed by atoms with Gasteiger partial charge in [-0.05, 0) is 24.1 Å². The maximum atomic E-state index is 11.9. The van der Waals surface area contributed by atoms with Gasteiger partial charge in [0.05, 0.1) is 12.2 Å². The van der Waals surface area contributed by atoms with Crippen LogP contribution in [-0.4, -0.2) is 48.5 Å². The molecule has 1 fully saturated rings. The zero-order valence-corrected chi connectivity index (χ0v) is 12.8. The number of aliphatic carboxylic acids is 1. The Bertz CT molecular complexity index is 672. The highest BCUT2D eigenvalue weighted by Gasteiger charge is 2.28. The van der Waals surface area contributed by atoms with Gasteiger partial charge in [0.1, 0.15) is 0 Å². The van der Waals surface area contributed by atoms with Gasteiger partial charge in [-0.25, -0.2) is 12.7 Å². The van der Waals surface area contributed by atoms with Gasteiger partial charge in [0, 0.05) is 25.2 Å². The Morgan fingerprint density at radius 2 is 2.09 bits per heavy atom. The summed E-state index contributed by atoms with van der Waals surface area (Å²) >= 11 is 0. The van der Waals surface area contributed by atoms with E-state index in [-0.39, 0.29) is 31.0 Å². The fourth-order valence-electron chi connectivity index (χ4n) is 2.33. The molecular weight excluding hydrogens is 308 g/mol. The quantitative estimate of drug-likeness (QED) is 0.800. The second kappa shape index (κ2) is 6.89. The Balaban J connectivity index is 1.88. The van der Waals surface area contributed by atoms with Crippen LogP contribution in [0, 0.1) is 0 Å². The zero-order chi connectivity index (χ0) is 16.2. The first-order valence-corrected chi connectivity index (χ1v) is 8.56. The molecule has 1 amide bonds. The maximum Gasteiger partial charge on any atom is 0.307 e. The van der Waals surface area contributed by atoms with Crippen LogP contribution in [0.2, 0.25) is 0 Å². The van der Waals surface area contributed by atoms with Crippen LogP contribution >= 0.6 is 0 Å². The summed E-state index contributed by atoms with van der Waals surface area (Å²) in [5.41, 5.74) is 1.10. The predicted molar refractivity (Wildman–Crippen MR) is 81.0 cm³/mol. The lowest BCUT2D eigenvalue weighted by Crippen LogP contribution is -2.29. The first-order chi connectivity index (χ1) is 10.4. The summed E-state index contributed by atoms with van der Waals surface area (Å²) in [6, 6.07) is 6.59. The van der Waals surface area contributed by atoms with Gasteiger partial charge >= 0.3 is 5.97 Å². The van der Waals surface area contributed by atoms with Crippen molar-refractivity contribution in [3.8, 4) is 0 Å². The molecule has 0 spiro atoms. The van der Waals surface area contributed by atoms with E-state index < -0.39 is 16.0 Å². The molecule has 0 aromatic heterocycles. The molecule has 1 aromatic rings. The van der Waals surface area contributed by atoms with Gasteiger partial charge in [0.15, 0.2) is 0 Å². The minimum atomic E-state index is -3.19. The second-order valence-corrected chi connectivity index (χ2v) is 7.23. The number of carbonyl (C=O) groups is 2. The Kier molecular flexibility index (Phi) is 5.15. The SMILES string of the molecule is O=C(O)Cc1cccc(NC(=O)CCN2CCCS2(=O)=O)c1. The molecule has 120 valence electrons. The number of sulfonamides is 1. The summed E-state index contributed by atoms with van der Waals surface area (Å²) in [5.74, 6) is -1.09. The first-order valence-electron chi connectivity index (χ1n) is 6.95. The van der Waals surface area contributed by atoms with Gasteiger partial charge in [0.25, 0.3) is 0 Å². The average Bonchev–Trinajstić information content (AvgIpc) is 2.75. The molecule has 22 heavy (non-hydrogen) atoms. The van der Waals surface area contributed by atoms with E-state index in [1.54, 1.807) is 24.3 Å². The lowest BCUT2D eigenvalue weighted by molar-refractivity contribution is -0.136. The number of carboxylic acids is 1. The number of nitrogens with zero attached hydrogens (tertiary/aromatic N) is 1. The summed E-state index contributed by atoms with van der Waals surface area (Å²) in [6.07, 6.45) is 0.555. The summed E-state index contributed by atoms with van der Waals surface area (Å²) < 4.78 is 24.6. The Labute approximate surface area is 129 Å². The van der Waals surface area contributed by atoms with Crippen molar-refractivity contribution in [2.75, 3.05) is 24.2 Å². The molecule has 0 bridgehead atoms. The molecule has 1 aliphatic rings. The Hall–Kier alpha value is -1.93. The molecule has 1 aromatic carbocycles. The van der Waals surface area contributed by atoms with Crippen LogP contribution in [0.4, 0.5) is 5.69 Å². The monoisotopic (exact) mass is 326 g/mol. The minimum absolute atomic E-state index is 0.0718. The minimum Gasteiger partial charge on any atom is -0.481 e. The molecule has 2 N–H and O–H groups in total. The smallest absolute Gasteiger partial charge is 0.307 e. The standard InChI is InChI=1S/C14H18N2O5S/c17-13(5-7-16-6-2-8-22(16,20)21)15-12-4-1-3-11(9-12)10-14(18)19/h1,3-4,9H,2,5-8,10H2,(H,15,17)(H,18,19). The number of carbonyl (C=O) groups excluding carboxylic acids is 1. The molecule has 0 radical (unpaired) electrons. The number of nitrogens with one attached hydrogen (secondary N) is 1. The maximum absolute atomic E-state index is 11.9. The van der Waals surface area contributed by atoms with Crippen LogP contribution in [0.3, 0.4) is 0 Å². The van der Waals surface area contributed by atoms with Crippen LogP contribution in [0.25, 0.3) is 0 Å². The van der Waals surface area contributed by atoms with Crippen molar-refractivity contribution in [1.29, 1.82) is 0 Å². The summed E-state index contributed by atoms with van der Waals surface area (Å²) in [4.78, 5) is 22.5. The first kappa shape index (κ1) is 16.4. The Morgan fingerprint density at radius 1 is 1.32 bits per heavy atom. The van der Waals surface area contributed by atoms with Gasteiger partial charge in [-0.15, -0.1) is 0 Å². The van der Waals surface area contributed by atoms with Gasteiger partial charge in [-0.1, -0.05) is 12.1 Å². The molecule has 0 unspecified atom stereocenters. The number of anilines is 1. The van der Waals surface area contributed by atoms with Crippen molar-refractivity contribution in [2.45, 2.75) is 19.3 Å². The lowest BCUT2D eigenvalue weighted by atomic mass is 10.1. The van der Waals surface area contributed by atoms with Gasteiger partial charge in [0.2, 0.25) is 15.9 Å². The van der Waals surface area contributed by atoms with Crippen LogP contribution in [0.5, 0.6) is 0 Å². The second-order valence-electron chi connectivity index (χ2n) is 5.14. The molecule has 1 saturated heterocycles. The van der Waals surface area contributed by atoms with Crippen molar-refractivity contribution >= 4 is 27.6 Å². The largest absolute Gasteiger partial charge is 0.481 e. The van der Waals surface area contributed by atoms with E-state index in [0.29, 0.717) is 24.2 Å². The van der Waals surface area contributed by atoms with E-state index in [1.165, 1.54) is 4.31 Å². The van der Waals surface area contributed by atoms with Crippen molar-refractivity contribution in [3.05, 3.63) is 29.8 Å². The number of benzene rings is 1. The van der Waals surface area contributed by atoms with E-state index in [9.17, 15) is 18.0 Å². The van der Waals surface area contributed by atoms with Crippen molar-refractivity contribution in [3.63, 3.8) is 0 Å². The van der Waals surface area contributed by atoms with E-state index in [2.05, 4.69) is 5.32 Å². The molecule has 0 aliphatic carbocycles. The molecule has 1 heterocycles. The Morgan fingerprint density at radius 3 is 2.73 bits per heavy atom. The molecule has 1 aliphatic heterocycles. The third-order valence-electron chi connectivity index (χ3n) is 3.36. The van der Waals surface area contributed by atoms with Gasteiger partial charge in [-0.2, -0.15) is 0 Å². The summed E-state index contributed by atoms with van der Waals surface area (Å²) in [6.45, 7) is 0.632. The van der Waals surface area contributed by atoms with E-state index in [4.69, 9.17) is 5.11 Å². The predicted octanol–water partition coefficient (Wildman–Crippen LogP) is 0.678.